The first-order chi connectivity index (χ1) is 14.1. The topological polar surface area (TPSA) is 95.5 Å². The number of hydrogen-bond acceptors (Lipinski definition) is 5. The number of halogens is 1. The number of anilines is 1. The largest absolute Gasteiger partial charge is 0.839 e. The van der Waals surface area contributed by atoms with Gasteiger partial charge < -0.3 is 15.2 Å². The summed E-state index contributed by atoms with van der Waals surface area (Å²) >= 11 is 5.83. The molecule has 1 amide bonds. The van der Waals surface area contributed by atoms with Gasteiger partial charge in [0, 0.05) is 23.9 Å². The molecule has 0 unspecified atom stereocenters. The highest BCUT2D eigenvalue weighted by Crippen LogP contribution is 2.18. The highest BCUT2D eigenvalue weighted by atomic mass is 35.5. The standard InChI is InChI=1S/C20H16ClN5O3/c1-29-16-6-4-5-15(23-16)24-19(27)18-20(28)26(17-7-2-3-10-25(17)18)12-13-8-9-14(21)22-11-13/h2-11H,12H2,1H3,(H-,23,24,27,28). The number of pyridine rings is 3. The fourth-order valence-electron chi connectivity index (χ4n) is 2.99. The van der Waals surface area contributed by atoms with Crippen molar-refractivity contribution in [2.45, 2.75) is 6.54 Å². The predicted molar refractivity (Wildman–Crippen MR) is 104 cm³/mol. The van der Waals surface area contributed by atoms with Gasteiger partial charge in [0.05, 0.1) is 13.3 Å². The Labute approximate surface area is 171 Å². The summed E-state index contributed by atoms with van der Waals surface area (Å²) < 4.78 is 8.14. The van der Waals surface area contributed by atoms with Gasteiger partial charge in [-0.05, 0) is 18.2 Å². The van der Waals surface area contributed by atoms with E-state index >= 15 is 0 Å². The quantitative estimate of drug-likeness (QED) is 0.402. The number of carbonyl (C=O) groups is 1. The number of fused-ring (bicyclic) bond motifs is 1. The van der Waals surface area contributed by atoms with Crippen molar-refractivity contribution in [2.24, 2.45) is 0 Å². The first-order valence-electron chi connectivity index (χ1n) is 8.69. The number of amides is 1. The van der Waals surface area contributed by atoms with Gasteiger partial charge in [-0.2, -0.15) is 9.38 Å². The van der Waals surface area contributed by atoms with Crippen molar-refractivity contribution in [1.82, 2.24) is 14.4 Å². The molecule has 0 bridgehead atoms. The summed E-state index contributed by atoms with van der Waals surface area (Å²) in [5.74, 6) is -0.347. The molecule has 0 fully saturated rings. The summed E-state index contributed by atoms with van der Waals surface area (Å²) in [6.45, 7) is 0.251. The van der Waals surface area contributed by atoms with Gasteiger partial charge in [-0.3, -0.25) is 4.79 Å². The van der Waals surface area contributed by atoms with Crippen LogP contribution in [0, 0.1) is 0 Å². The SMILES string of the molecule is COc1cccc(NC(=O)c2c([O-])[n+](Cc3ccc(Cl)nc3)c3ccccn23)n1. The molecule has 0 atom stereocenters. The van der Waals surface area contributed by atoms with E-state index in [9.17, 15) is 9.90 Å². The minimum atomic E-state index is -0.565. The van der Waals surface area contributed by atoms with Crippen LogP contribution in [0.3, 0.4) is 0 Å². The molecule has 0 saturated carbocycles. The van der Waals surface area contributed by atoms with Gasteiger partial charge in [0.15, 0.2) is 0 Å². The van der Waals surface area contributed by atoms with Gasteiger partial charge in [-0.15, -0.1) is 0 Å². The number of hydrogen-bond donors (Lipinski definition) is 1. The number of imidazole rings is 1. The third-order valence-electron chi connectivity index (χ3n) is 4.32. The van der Waals surface area contributed by atoms with E-state index < -0.39 is 11.8 Å². The van der Waals surface area contributed by atoms with Crippen LogP contribution in [0.15, 0.2) is 60.9 Å². The zero-order valence-electron chi connectivity index (χ0n) is 15.4. The predicted octanol–water partition coefficient (Wildman–Crippen LogP) is 2.05. The molecule has 0 aromatic carbocycles. The normalized spacial score (nSPS) is 10.8. The highest BCUT2D eigenvalue weighted by molar-refractivity contribution is 6.29. The molecule has 0 aliphatic heterocycles. The molecule has 1 N–H and O–H groups in total. The first kappa shape index (κ1) is 18.7. The van der Waals surface area contributed by atoms with Crippen LogP contribution < -0.4 is 19.7 Å². The molecular formula is C20H16ClN5O3. The van der Waals surface area contributed by atoms with E-state index in [0.717, 1.165) is 5.56 Å². The van der Waals surface area contributed by atoms with E-state index in [1.165, 1.54) is 11.7 Å². The van der Waals surface area contributed by atoms with Crippen molar-refractivity contribution in [1.29, 1.82) is 0 Å². The van der Waals surface area contributed by atoms with E-state index in [-0.39, 0.29) is 18.1 Å². The molecule has 4 rings (SSSR count). The molecule has 4 aromatic rings. The zero-order valence-corrected chi connectivity index (χ0v) is 16.1. The van der Waals surface area contributed by atoms with E-state index in [1.807, 2.05) is 0 Å². The molecule has 0 spiro atoms. The highest BCUT2D eigenvalue weighted by Gasteiger charge is 2.25. The van der Waals surface area contributed by atoms with Crippen LogP contribution in [-0.2, 0) is 6.54 Å². The fourth-order valence-corrected chi connectivity index (χ4v) is 3.11. The van der Waals surface area contributed by atoms with E-state index in [1.54, 1.807) is 65.3 Å². The zero-order chi connectivity index (χ0) is 20.4. The molecule has 4 heterocycles. The molecule has 29 heavy (non-hydrogen) atoms. The van der Waals surface area contributed by atoms with Crippen LogP contribution in [0.5, 0.6) is 11.8 Å². The summed E-state index contributed by atoms with van der Waals surface area (Å²) in [6.07, 6.45) is 3.27. The molecule has 0 aliphatic rings. The van der Waals surface area contributed by atoms with Gasteiger partial charge in [0.25, 0.3) is 11.6 Å². The summed E-state index contributed by atoms with van der Waals surface area (Å²) in [7, 11) is 1.48. The number of aromatic nitrogens is 4. The fraction of sp³-hybridized carbons (Fsp3) is 0.100. The Bertz CT molecular complexity index is 1190. The second-order valence-electron chi connectivity index (χ2n) is 6.18. The Hall–Kier alpha value is -3.65. The lowest BCUT2D eigenvalue weighted by Crippen LogP contribution is -2.37. The van der Waals surface area contributed by atoms with Crippen molar-refractivity contribution in [2.75, 3.05) is 12.4 Å². The van der Waals surface area contributed by atoms with Gasteiger partial charge in [-0.25, -0.2) is 9.55 Å². The molecule has 9 heteroatoms. The lowest BCUT2D eigenvalue weighted by Gasteiger charge is -2.08. The van der Waals surface area contributed by atoms with E-state index in [2.05, 4.69) is 15.3 Å². The molecule has 0 radical (unpaired) electrons. The third kappa shape index (κ3) is 3.70. The van der Waals surface area contributed by atoms with Gasteiger partial charge in [0.2, 0.25) is 11.6 Å². The Morgan fingerprint density at radius 3 is 2.86 bits per heavy atom. The maximum absolute atomic E-state index is 13.1. The van der Waals surface area contributed by atoms with Crippen LogP contribution in [0.4, 0.5) is 5.82 Å². The number of nitrogens with one attached hydrogen (secondary N) is 1. The lowest BCUT2D eigenvalue weighted by molar-refractivity contribution is -0.704. The Kier molecular flexibility index (Phi) is 5.01. The average molecular weight is 410 g/mol. The lowest BCUT2D eigenvalue weighted by atomic mass is 10.3. The Morgan fingerprint density at radius 2 is 2.10 bits per heavy atom. The molecule has 0 saturated heterocycles. The van der Waals surface area contributed by atoms with E-state index in [0.29, 0.717) is 16.7 Å². The molecule has 4 aromatic heterocycles. The van der Waals surface area contributed by atoms with Crippen LogP contribution in [-0.4, -0.2) is 27.4 Å². The Morgan fingerprint density at radius 1 is 1.24 bits per heavy atom. The summed E-state index contributed by atoms with van der Waals surface area (Å²) in [5.41, 5.74) is 1.35. The smallest absolute Gasteiger partial charge is 0.300 e. The van der Waals surface area contributed by atoms with Crippen molar-refractivity contribution >= 4 is 29.0 Å². The van der Waals surface area contributed by atoms with Gasteiger partial charge in [-0.1, -0.05) is 29.8 Å². The molecule has 146 valence electrons. The van der Waals surface area contributed by atoms with Crippen LogP contribution in [0.2, 0.25) is 5.15 Å². The van der Waals surface area contributed by atoms with Gasteiger partial charge in [0.1, 0.15) is 23.4 Å². The Balaban J connectivity index is 1.73. The number of ether oxygens (including phenoxy) is 1. The monoisotopic (exact) mass is 409 g/mol. The van der Waals surface area contributed by atoms with Crippen molar-refractivity contribution in [3.05, 3.63) is 77.3 Å². The maximum atomic E-state index is 13.1. The van der Waals surface area contributed by atoms with Crippen molar-refractivity contribution < 1.29 is 19.2 Å². The summed E-state index contributed by atoms with van der Waals surface area (Å²) in [5, 5.41) is 16.1. The number of rotatable bonds is 5. The van der Waals surface area contributed by atoms with Crippen LogP contribution in [0.1, 0.15) is 16.1 Å². The number of carbonyl (C=O) groups excluding carboxylic acids is 1. The molecule has 8 nitrogen and oxygen atoms in total. The maximum Gasteiger partial charge on any atom is 0.300 e. The number of methoxy groups -OCH3 is 1. The summed E-state index contributed by atoms with van der Waals surface area (Å²) in [6, 6.07) is 13.7. The van der Waals surface area contributed by atoms with Crippen molar-refractivity contribution in [3.8, 4) is 11.8 Å². The van der Waals surface area contributed by atoms with Gasteiger partial charge >= 0.3 is 0 Å². The van der Waals surface area contributed by atoms with E-state index in [4.69, 9.17) is 16.3 Å². The minimum Gasteiger partial charge on any atom is -0.839 e. The molecular weight excluding hydrogens is 394 g/mol. The van der Waals surface area contributed by atoms with Crippen LogP contribution in [0.25, 0.3) is 5.65 Å². The van der Waals surface area contributed by atoms with Crippen molar-refractivity contribution in [3.63, 3.8) is 0 Å². The van der Waals surface area contributed by atoms with Crippen LogP contribution >= 0.6 is 11.6 Å². The second-order valence-corrected chi connectivity index (χ2v) is 6.56. The summed E-state index contributed by atoms with van der Waals surface area (Å²) in [4.78, 5) is 21.1. The molecule has 0 aliphatic carbocycles. The second kappa shape index (κ2) is 7.76. The minimum absolute atomic E-state index is 0.0212. The third-order valence-corrected chi connectivity index (χ3v) is 4.55. The number of nitrogens with zero attached hydrogens (tertiary/aromatic N) is 4. The first-order valence-corrected chi connectivity index (χ1v) is 9.07. The average Bonchev–Trinajstić information content (AvgIpc) is 3.01.